The first-order valence-electron chi connectivity index (χ1n) is 7.98. The molecule has 1 aromatic heterocycles. The standard InChI is InChI=1S/C17H19N3O4/c1-11-5-4-8-20(9-11)14(21)10-24-17(23)15-12-6-2-3-7-13(12)16(22)19-18-15/h2-3,6-7,11H,4-5,8-10H2,1H3,(H,19,22)/t11-/m1/s1. The van der Waals surface area contributed by atoms with Gasteiger partial charge in [-0.3, -0.25) is 9.59 Å². The van der Waals surface area contributed by atoms with Gasteiger partial charge in [0.1, 0.15) is 0 Å². The number of nitrogens with zero attached hydrogens (tertiary/aromatic N) is 2. The van der Waals surface area contributed by atoms with Crippen LogP contribution in [-0.2, 0) is 9.53 Å². The van der Waals surface area contributed by atoms with Crippen molar-refractivity contribution in [2.75, 3.05) is 19.7 Å². The molecular weight excluding hydrogens is 310 g/mol. The molecule has 3 rings (SSSR count). The van der Waals surface area contributed by atoms with Gasteiger partial charge in [-0.2, -0.15) is 5.10 Å². The monoisotopic (exact) mass is 329 g/mol. The predicted octanol–water partition coefficient (Wildman–Crippen LogP) is 1.34. The molecule has 0 radical (unpaired) electrons. The summed E-state index contributed by atoms with van der Waals surface area (Å²) in [5.41, 5.74) is -0.370. The maximum absolute atomic E-state index is 12.2. The Balaban J connectivity index is 1.71. The molecule has 0 aliphatic carbocycles. The number of hydrogen-bond donors (Lipinski definition) is 1. The second-order valence-electron chi connectivity index (χ2n) is 6.11. The third-order valence-electron chi connectivity index (χ3n) is 4.23. The van der Waals surface area contributed by atoms with E-state index in [1.807, 2.05) is 0 Å². The third kappa shape index (κ3) is 3.29. The zero-order chi connectivity index (χ0) is 17.1. The van der Waals surface area contributed by atoms with Crippen LogP contribution in [0.1, 0.15) is 30.3 Å². The molecule has 7 heteroatoms. The van der Waals surface area contributed by atoms with Gasteiger partial charge in [-0.15, -0.1) is 0 Å². The smallest absolute Gasteiger partial charge is 0.359 e. The van der Waals surface area contributed by atoms with Crippen LogP contribution < -0.4 is 5.56 Å². The Labute approximate surface area is 138 Å². The lowest BCUT2D eigenvalue weighted by molar-refractivity contribution is -0.136. The summed E-state index contributed by atoms with van der Waals surface area (Å²) in [4.78, 5) is 37.9. The van der Waals surface area contributed by atoms with Crippen LogP contribution in [0.2, 0.25) is 0 Å². The first-order chi connectivity index (χ1) is 11.6. The summed E-state index contributed by atoms with van der Waals surface area (Å²) in [6.45, 7) is 3.17. The van der Waals surface area contributed by atoms with Gasteiger partial charge >= 0.3 is 5.97 Å². The van der Waals surface area contributed by atoms with Crippen molar-refractivity contribution in [3.05, 3.63) is 40.3 Å². The van der Waals surface area contributed by atoms with Gasteiger partial charge in [-0.05, 0) is 24.8 Å². The summed E-state index contributed by atoms with van der Waals surface area (Å²) in [7, 11) is 0. The van der Waals surface area contributed by atoms with Crippen molar-refractivity contribution in [1.82, 2.24) is 15.1 Å². The highest BCUT2D eigenvalue weighted by molar-refractivity contribution is 6.02. The molecule has 2 heterocycles. The topological polar surface area (TPSA) is 92.4 Å². The van der Waals surface area contributed by atoms with E-state index in [1.54, 1.807) is 29.2 Å². The van der Waals surface area contributed by atoms with Crippen LogP contribution in [-0.4, -0.2) is 46.7 Å². The minimum absolute atomic E-state index is 0.00464. The fraction of sp³-hybridized carbons (Fsp3) is 0.412. The second-order valence-corrected chi connectivity index (χ2v) is 6.11. The molecule has 7 nitrogen and oxygen atoms in total. The number of amides is 1. The number of carbonyl (C=O) groups is 2. The molecule has 1 N–H and O–H groups in total. The van der Waals surface area contributed by atoms with E-state index < -0.39 is 5.97 Å². The van der Waals surface area contributed by atoms with Gasteiger partial charge in [0.25, 0.3) is 11.5 Å². The number of carbonyl (C=O) groups excluding carboxylic acids is 2. The van der Waals surface area contributed by atoms with E-state index >= 15 is 0 Å². The molecule has 1 saturated heterocycles. The fourth-order valence-electron chi connectivity index (χ4n) is 2.97. The Kier molecular flexibility index (Phi) is 4.59. The Morgan fingerprint density at radius 1 is 1.33 bits per heavy atom. The average molecular weight is 329 g/mol. The van der Waals surface area contributed by atoms with Crippen LogP contribution in [0, 0.1) is 5.92 Å². The highest BCUT2D eigenvalue weighted by Crippen LogP contribution is 2.16. The zero-order valence-corrected chi connectivity index (χ0v) is 13.4. The van der Waals surface area contributed by atoms with Crippen molar-refractivity contribution in [2.45, 2.75) is 19.8 Å². The molecule has 1 amide bonds. The average Bonchev–Trinajstić information content (AvgIpc) is 2.60. The molecular formula is C17H19N3O4. The van der Waals surface area contributed by atoms with Crippen molar-refractivity contribution in [2.24, 2.45) is 5.92 Å². The van der Waals surface area contributed by atoms with Crippen molar-refractivity contribution in [1.29, 1.82) is 0 Å². The number of likely N-dealkylation sites (tertiary alicyclic amines) is 1. The number of aromatic nitrogens is 2. The molecule has 1 aliphatic heterocycles. The highest BCUT2D eigenvalue weighted by atomic mass is 16.5. The summed E-state index contributed by atoms with van der Waals surface area (Å²) in [5, 5.41) is 6.82. The molecule has 0 bridgehead atoms. The SMILES string of the molecule is C[C@@H]1CCCN(C(=O)COC(=O)c2n[nH]c(=O)c3ccccc23)C1. The lowest BCUT2D eigenvalue weighted by Gasteiger charge is -2.30. The van der Waals surface area contributed by atoms with E-state index in [0.29, 0.717) is 29.8 Å². The molecule has 24 heavy (non-hydrogen) atoms. The predicted molar refractivity (Wildman–Crippen MR) is 87.6 cm³/mol. The number of ether oxygens (including phenoxy) is 1. The fourth-order valence-corrected chi connectivity index (χ4v) is 2.97. The summed E-state index contributed by atoms with van der Waals surface area (Å²) < 4.78 is 5.11. The van der Waals surface area contributed by atoms with E-state index in [1.165, 1.54) is 0 Å². The summed E-state index contributed by atoms with van der Waals surface area (Å²) in [6.07, 6.45) is 2.07. The van der Waals surface area contributed by atoms with Crippen molar-refractivity contribution in [3.8, 4) is 0 Å². The number of aromatic amines is 1. The molecule has 0 saturated carbocycles. The Morgan fingerprint density at radius 2 is 2.08 bits per heavy atom. The number of hydrogen-bond acceptors (Lipinski definition) is 5. The summed E-state index contributed by atoms with van der Waals surface area (Å²) >= 11 is 0. The van der Waals surface area contributed by atoms with E-state index in [2.05, 4.69) is 17.1 Å². The maximum atomic E-state index is 12.2. The first kappa shape index (κ1) is 16.2. The van der Waals surface area contributed by atoms with E-state index in [-0.39, 0.29) is 23.8 Å². The van der Waals surface area contributed by atoms with E-state index in [4.69, 9.17) is 4.74 Å². The van der Waals surface area contributed by atoms with Crippen LogP contribution in [0.3, 0.4) is 0 Å². The van der Waals surface area contributed by atoms with Crippen LogP contribution >= 0.6 is 0 Å². The normalized spacial score (nSPS) is 17.7. The summed E-state index contributed by atoms with van der Waals surface area (Å²) in [5.74, 6) is -0.465. The van der Waals surface area contributed by atoms with Crippen LogP contribution in [0.5, 0.6) is 0 Å². The second kappa shape index (κ2) is 6.82. The lowest BCUT2D eigenvalue weighted by atomic mass is 10.0. The number of piperidine rings is 1. The van der Waals surface area contributed by atoms with Gasteiger partial charge in [-0.25, -0.2) is 9.89 Å². The van der Waals surface area contributed by atoms with E-state index in [9.17, 15) is 14.4 Å². The van der Waals surface area contributed by atoms with Gasteiger partial charge in [-0.1, -0.05) is 25.1 Å². The number of fused-ring (bicyclic) bond motifs is 1. The number of H-pyrrole nitrogens is 1. The molecule has 1 fully saturated rings. The van der Waals surface area contributed by atoms with Crippen LogP contribution in [0.15, 0.2) is 29.1 Å². The Bertz CT molecular complexity index is 830. The summed E-state index contributed by atoms with van der Waals surface area (Å²) in [6, 6.07) is 6.64. The number of benzene rings is 1. The number of esters is 1. The van der Waals surface area contributed by atoms with Crippen LogP contribution in [0.25, 0.3) is 10.8 Å². The highest BCUT2D eigenvalue weighted by Gasteiger charge is 2.23. The molecule has 1 aromatic carbocycles. The Morgan fingerprint density at radius 3 is 2.83 bits per heavy atom. The molecule has 1 atom stereocenters. The van der Waals surface area contributed by atoms with Gasteiger partial charge < -0.3 is 9.64 Å². The molecule has 0 spiro atoms. The molecule has 1 aliphatic rings. The zero-order valence-electron chi connectivity index (χ0n) is 13.4. The third-order valence-corrected chi connectivity index (χ3v) is 4.23. The van der Waals surface area contributed by atoms with E-state index in [0.717, 1.165) is 12.8 Å². The minimum Gasteiger partial charge on any atom is -0.451 e. The number of rotatable bonds is 3. The largest absolute Gasteiger partial charge is 0.451 e. The quantitative estimate of drug-likeness (QED) is 0.858. The van der Waals surface area contributed by atoms with Gasteiger partial charge in [0.05, 0.1) is 5.39 Å². The Hall–Kier alpha value is -2.70. The van der Waals surface area contributed by atoms with Gasteiger partial charge in [0.2, 0.25) is 0 Å². The molecule has 126 valence electrons. The van der Waals surface area contributed by atoms with Gasteiger partial charge in [0, 0.05) is 18.5 Å². The van der Waals surface area contributed by atoms with Crippen LogP contribution in [0.4, 0.5) is 0 Å². The van der Waals surface area contributed by atoms with Crippen molar-refractivity contribution in [3.63, 3.8) is 0 Å². The molecule has 2 aromatic rings. The lowest BCUT2D eigenvalue weighted by Crippen LogP contribution is -2.41. The van der Waals surface area contributed by atoms with Gasteiger partial charge in [0.15, 0.2) is 12.3 Å². The maximum Gasteiger partial charge on any atom is 0.359 e. The first-order valence-corrected chi connectivity index (χ1v) is 7.98. The van der Waals surface area contributed by atoms with Crippen molar-refractivity contribution < 1.29 is 14.3 Å². The molecule has 0 unspecified atom stereocenters. The van der Waals surface area contributed by atoms with Crippen molar-refractivity contribution >= 4 is 22.6 Å². The number of nitrogens with one attached hydrogen (secondary N) is 1. The minimum atomic E-state index is -0.721.